The van der Waals surface area contributed by atoms with Gasteiger partial charge < -0.3 is 15.0 Å². The zero-order chi connectivity index (χ0) is 23.0. The minimum Gasteiger partial charge on any atom is -0.489 e. The van der Waals surface area contributed by atoms with Crippen molar-refractivity contribution in [3.05, 3.63) is 60.2 Å². The molecule has 7 heteroatoms. The average Bonchev–Trinajstić information content (AvgIpc) is 3.40. The number of carbonyl (C=O) groups is 2. The van der Waals surface area contributed by atoms with Crippen molar-refractivity contribution in [2.45, 2.75) is 32.4 Å². The lowest BCUT2D eigenvalue weighted by molar-refractivity contribution is -0.132. The first-order valence-corrected chi connectivity index (χ1v) is 11.9. The number of amides is 2. The fourth-order valence-electron chi connectivity index (χ4n) is 4.35. The second kappa shape index (κ2) is 11.3. The Balaban J connectivity index is 1.19. The SMILES string of the molecule is C[C@H](C(=O)Nc1ccc(OCc2ccccc2)cc1)N1CCN(CC(=O)N2CCCC2)CC1. The van der Waals surface area contributed by atoms with Crippen LogP contribution in [0.4, 0.5) is 5.69 Å². The van der Waals surface area contributed by atoms with Crippen molar-refractivity contribution >= 4 is 17.5 Å². The number of nitrogens with zero attached hydrogens (tertiary/aromatic N) is 3. The van der Waals surface area contributed by atoms with Crippen molar-refractivity contribution in [2.24, 2.45) is 0 Å². The molecule has 2 heterocycles. The van der Waals surface area contributed by atoms with E-state index in [1.807, 2.05) is 66.4 Å². The summed E-state index contributed by atoms with van der Waals surface area (Å²) in [7, 11) is 0. The van der Waals surface area contributed by atoms with E-state index in [0.29, 0.717) is 13.2 Å². The van der Waals surface area contributed by atoms with E-state index in [4.69, 9.17) is 4.74 Å². The van der Waals surface area contributed by atoms with Crippen LogP contribution in [0.25, 0.3) is 0 Å². The van der Waals surface area contributed by atoms with Crippen LogP contribution in [0.3, 0.4) is 0 Å². The van der Waals surface area contributed by atoms with E-state index >= 15 is 0 Å². The van der Waals surface area contributed by atoms with E-state index in [0.717, 1.165) is 69.1 Å². The second-order valence-corrected chi connectivity index (χ2v) is 8.86. The van der Waals surface area contributed by atoms with Crippen LogP contribution in [0.1, 0.15) is 25.3 Å². The van der Waals surface area contributed by atoms with Gasteiger partial charge in [0.15, 0.2) is 0 Å². The van der Waals surface area contributed by atoms with Crippen molar-refractivity contribution in [1.29, 1.82) is 0 Å². The van der Waals surface area contributed by atoms with Crippen molar-refractivity contribution in [3.63, 3.8) is 0 Å². The Morgan fingerprint density at radius 2 is 1.58 bits per heavy atom. The molecule has 2 aliphatic rings. The number of piperazine rings is 1. The van der Waals surface area contributed by atoms with Crippen LogP contribution in [0.5, 0.6) is 5.75 Å². The van der Waals surface area contributed by atoms with E-state index in [2.05, 4.69) is 15.1 Å². The van der Waals surface area contributed by atoms with Gasteiger partial charge in [-0.3, -0.25) is 19.4 Å². The summed E-state index contributed by atoms with van der Waals surface area (Å²) in [6.07, 6.45) is 2.24. The highest BCUT2D eigenvalue weighted by Crippen LogP contribution is 2.18. The van der Waals surface area contributed by atoms with Gasteiger partial charge in [0.25, 0.3) is 0 Å². The lowest BCUT2D eigenvalue weighted by atomic mass is 10.2. The van der Waals surface area contributed by atoms with Gasteiger partial charge in [-0.05, 0) is 49.6 Å². The van der Waals surface area contributed by atoms with Crippen LogP contribution in [-0.4, -0.2) is 78.4 Å². The van der Waals surface area contributed by atoms with Gasteiger partial charge in [0, 0.05) is 45.0 Å². The van der Waals surface area contributed by atoms with Gasteiger partial charge in [-0.2, -0.15) is 0 Å². The number of hydrogen-bond acceptors (Lipinski definition) is 5. The summed E-state index contributed by atoms with van der Waals surface area (Å²) in [6.45, 7) is 7.94. The fourth-order valence-corrected chi connectivity index (χ4v) is 4.35. The highest BCUT2D eigenvalue weighted by Gasteiger charge is 2.27. The maximum Gasteiger partial charge on any atom is 0.241 e. The molecule has 2 amide bonds. The van der Waals surface area contributed by atoms with Crippen LogP contribution < -0.4 is 10.1 Å². The Hall–Kier alpha value is -2.90. The molecule has 2 fully saturated rings. The first kappa shape index (κ1) is 23.3. The molecule has 0 saturated carbocycles. The Labute approximate surface area is 196 Å². The monoisotopic (exact) mass is 450 g/mol. The number of hydrogen-bond donors (Lipinski definition) is 1. The number of ether oxygens (including phenoxy) is 1. The van der Waals surface area contributed by atoms with Gasteiger partial charge in [-0.25, -0.2) is 0 Å². The lowest BCUT2D eigenvalue weighted by Crippen LogP contribution is -2.54. The molecule has 2 saturated heterocycles. The average molecular weight is 451 g/mol. The van der Waals surface area contributed by atoms with Crippen molar-refractivity contribution in [1.82, 2.24) is 14.7 Å². The normalized spacial score (nSPS) is 18.2. The predicted octanol–water partition coefficient (Wildman–Crippen LogP) is 2.83. The molecule has 176 valence electrons. The minimum atomic E-state index is -0.226. The summed E-state index contributed by atoms with van der Waals surface area (Å²) in [6, 6.07) is 17.3. The number of likely N-dealkylation sites (tertiary alicyclic amines) is 1. The molecular weight excluding hydrogens is 416 g/mol. The van der Waals surface area contributed by atoms with Crippen molar-refractivity contribution in [3.8, 4) is 5.75 Å². The van der Waals surface area contributed by atoms with Crippen LogP contribution in [-0.2, 0) is 16.2 Å². The van der Waals surface area contributed by atoms with E-state index in [-0.39, 0.29) is 17.9 Å². The summed E-state index contributed by atoms with van der Waals surface area (Å²) in [4.78, 5) is 31.5. The summed E-state index contributed by atoms with van der Waals surface area (Å²) >= 11 is 0. The first-order valence-electron chi connectivity index (χ1n) is 11.9. The zero-order valence-electron chi connectivity index (χ0n) is 19.4. The predicted molar refractivity (Wildman–Crippen MR) is 129 cm³/mol. The molecule has 7 nitrogen and oxygen atoms in total. The number of anilines is 1. The highest BCUT2D eigenvalue weighted by atomic mass is 16.5. The number of nitrogens with one attached hydrogen (secondary N) is 1. The summed E-state index contributed by atoms with van der Waals surface area (Å²) < 4.78 is 5.81. The minimum absolute atomic E-state index is 0.0189. The van der Waals surface area contributed by atoms with E-state index in [1.54, 1.807) is 0 Å². The molecule has 0 aliphatic carbocycles. The summed E-state index contributed by atoms with van der Waals surface area (Å²) in [5, 5.41) is 3.01. The van der Waals surface area contributed by atoms with Crippen molar-refractivity contribution in [2.75, 3.05) is 51.1 Å². The van der Waals surface area contributed by atoms with Gasteiger partial charge in [0.1, 0.15) is 12.4 Å². The fraction of sp³-hybridized carbons (Fsp3) is 0.462. The smallest absolute Gasteiger partial charge is 0.241 e. The Kier molecular flexibility index (Phi) is 7.96. The molecule has 0 unspecified atom stereocenters. The summed E-state index contributed by atoms with van der Waals surface area (Å²) in [5.41, 5.74) is 1.87. The van der Waals surface area contributed by atoms with Crippen LogP contribution >= 0.6 is 0 Å². The second-order valence-electron chi connectivity index (χ2n) is 8.86. The van der Waals surface area contributed by atoms with Crippen LogP contribution in [0.2, 0.25) is 0 Å². The first-order chi connectivity index (χ1) is 16.1. The number of rotatable bonds is 8. The molecule has 1 N–H and O–H groups in total. The van der Waals surface area contributed by atoms with Crippen LogP contribution in [0, 0.1) is 0 Å². The van der Waals surface area contributed by atoms with E-state index < -0.39 is 0 Å². The molecule has 0 radical (unpaired) electrons. The quantitative estimate of drug-likeness (QED) is 0.670. The topological polar surface area (TPSA) is 65.1 Å². The van der Waals surface area contributed by atoms with E-state index in [9.17, 15) is 9.59 Å². The number of carbonyl (C=O) groups excluding carboxylic acids is 2. The molecule has 2 aliphatic heterocycles. The zero-order valence-corrected chi connectivity index (χ0v) is 19.4. The Morgan fingerprint density at radius 1 is 0.909 bits per heavy atom. The molecule has 1 atom stereocenters. The van der Waals surface area contributed by atoms with E-state index in [1.165, 1.54) is 0 Å². The molecule has 2 aromatic rings. The van der Waals surface area contributed by atoms with Gasteiger partial charge in [0.05, 0.1) is 12.6 Å². The molecule has 0 spiro atoms. The molecule has 2 aromatic carbocycles. The Morgan fingerprint density at radius 3 is 2.24 bits per heavy atom. The van der Waals surface area contributed by atoms with Gasteiger partial charge in [-0.1, -0.05) is 30.3 Å². The number of benzene rings is 2. The maximum atomic E-state index is 12.8. The third-order valence-electron chi connectivity index (χ3n) is 6.52. The standard InChI is InChI=1S/C26H34N4O3/c1-21(29-17-15-28(16-18-29)19-25(31)30-13-5-6-14-30)26(32)27-23-9-11-24(12-10-23)33-20-22-7-3-2-4-8-22/h2-4,7-12,21H,5-6,13-20H2,1H3,(H,27,32)/t21-/m1/s1. The maximum absolute atomic E-state index is 12.8. The highest BCUT2D eigenvalue weighted by molar-refractivity contribution is 5.94. The van der Waals surface area contributed by atoms with Gasteiger partial charge in [0.2, 0.25) is 11.8 Å². The Bertz CT molecular complexity index is 905. The summed E-state index contributed by atoms with van der Waals surface area (Å²) in [5.74, 6) is 0.988. The molecular formula is C26H34N4O3. The van der Waals surface area contributed by atoms with Gasteiger partial charge in [-0.15, -0.1) is 0 Å². The third kappa shape index (κ3) is 6.55. The largest absolute Gasteiger partial charge is 0.489 e. The molecule has 0 aromatic heterocycles. The molecule has 0 bridgehead atoms. The van der Waals surface area contributed by atoms with Gasteiger partial charge >= 0.3 is 0 Å². The van der Waals surface area contributed by atoms with Crippen molar-refractivity contribution < 1.29 is 14.3 Å². The lowest BCUT2D eigenvalue weighted by Gasteiger charge is -2.37. The molecule has 4 rings (SSSR count). The molecule has 33 heavy (non-hydrogen) atoms. The third-order valence-corrected chi connectivity index (χ3v) is 6.52. The van der Waals surface area contributed by atoms with Crippen LogP contribution in [0.15, 0.2) is 54.6 Å².